The molecular formula is C14H18N2O7S. The van der Waals surface area contributed by atoms with Crippen molar-refractivity contribution in [3.63, 3.8) is 0 Å². The molecule has 4 atom stereocenters. The third-order valence-electron chi connectivity index (χ3n) is 3.29. The van der Waals surface area contributed by atoms with E-state index in [-0.39, 0.29) is 6.61 Å². The minimum Gasteiger partial charge on any atom is -0.463 e. The van der Waals surface area contributed by atoms with Crippen LogP contribution in [0, 0.1) is 4.77 Å². The predicted molar refractivity (Wildman–Crippen MR) is 81.3 cm³/mol. The van der Waals surface area contributed by atoms with Gasteiger partial charge in [-0.25, -0.2) is 0 Å². The number of carbonyl (C=O) groups excluding carboxylic acids is 3. The standard InChI is InChI=1S/C14H18N2O7S/c1-7(17)20-6-10-11(21-8(2)18)12(22-9(3)19)13(23-10)16-5-4-15-14(16)24/h4-5,10-13H,6H2,1-3H3,(H,15,24)/t10-,11+,12-,13+/m0/s1. The van der Waals surface area contributed by atoms with Crippen LogP contribution in [0.4, 0.5) is 0 Å². The predicted octanol–water partition coefficient (Wildman–Crippen LogP) is 0.870. The molecule has 0 unspecified atom stereocenters. The summed E-state index contributed by atoms with van der Waals surface area (Å²) in [5.41, 5.74) is 0. The van der Waals surface area contributed by atoms with Gasteiger partial charge in [0.1, 0.15) is 12.7 Å². The number of nitrogens with zero attached hydrogens (tertiary/aromatic N) is 1. The normalized spacial score (nSPS) is 26.0. The quantitative estimate of drug-likeness (QED) is 0.469. The second-order valence-electron chi connectivity index (χ2n) is 5.19. The van der Waals surface area contributed by atoms with E-state index in [0.717, 1.165) is 0 Å². The summed E-state index contributed by atoms with van der Waals surface area (Å²) in [7, 11) is 0. The molecule has 0 saturated carbocycles. The highest BCUT2D eigenvalue weighted by atomic mass is 32.1. The van der Waals surface area contributed by atoms with Crippen molar-refractivity contribution in [2.24, 2.45) is 0 Å². The number of imidazole rings is 1. The minimum absolute atomic E-state index is 0.153. The SMILES string of the molecule is CC(=O)OC[C@@H]1O[C@@H](n2cc[nH]c2=S)[C@@H](OC(C)=O)[C@@H]1OC(C)=O. The van der Waals surface area contributed by atoms with E-state index in [2.05, 4.69) is 4.98 Å². The van der Waals surface area contributed by atoms with E-state index in [4.69, 9.17) is 31.2 Å². The highest BCUT2D eigenvalue weighted by Gasteiger charge is 2.50. The van der Waals surface area contributed by atoms with Gasteiger partial charge in [0.2, 0.25) is 0 Å². The zero-order valence-corrected chi connectivity index (χ0v) is 14.2. The molecule has 1 fully saturated rings. The Hall–Kier alpha value is -2.20. The largest absolute Gasteiger partial charge is 0.463 e. The van der Waals surface area contributed by atoms with Crippen LogP contribution < -0.4 is 0 Å². The minimum atomic E-state index is -0.937. The van der Waals surface area contributed by atoms with Crippen molar-refractivity contribution in [2.75, 3.05) is 6.61 Å². The molecule has 132 valence electrons. The Bertz CT molecular complexity index is 683. The van der Waals surface area contributed by atoms with Gasteiger partial charge in [-0.2, -0.15) is 0 Å². The molecule has 2 heterocycles. The molecule has 0 radical (unpaired) electrons. The summed E-state index contributed by atoms with van der Waals surface area (Å²) < 4.78 is 23.2. The van der Waals surface area contributed by atoms with Crippen molar-refractivity contribution in [1.29, 1.82) is 0 Å². The fourth-order valence-corrected chi connectivity index (χ4v) is 2.68. The number of rotatable bonds is 5. The highest BCUT2D eigenvalue weighted by Crippen LogP contribution is 2.34. The lowest BCUT2D eigenvalue weighted by molar-refractivity contribution is -0.166. The summed E-state index contributed by atoms with van der Waals surface area (Å²) in [5.74, 6) is -1.65. The van der Waals surface area contributed by atoms with Crippen LogP contribution in [-0.2, 0) is 33.3 Å². The first kappa shape index (κ1) is 18.1. The average Bonchev–Trinajstić information content (AvgIpc) is 3.01. The first-order valence-corrected chi connectivity index (χ1v) is 7.59. The fraction of sp³-hybridized carbons (Fsp3) is 0.571. The van der Waals surface area contributed by atoms with Crippen LogP contribution in [0.1, 0.15) is 27.0 Å². The van der Waals surface area contributed by atoms with Gasteiger partial charge >= 0.3 is 17.9 Å². The molecule has 10 heteroatoms. The van der Waals surface area contributed by atoms with Gasteiger partial charge in [0, 0.05) is 33.2 Å². The molecule has 1 aliphatic heterocycles. The number of H-pyrrole nitrogens is 1. The van der Waals surface area contributed by atoms with Gasteiger partial charge in [0.05, 0.1) is 0 Å². The van der Waals surface area contributed by atoms with Crippen molar-refractivity contribution < 1.29 is 33.3 Å². The number of hydrogen-bond donors (Lipinski definition) is 1. The zero-order chi connectivity index (χ0) is 17.9. The summed E-state index contributed by atoms with van der Waals surface area (Å²) in [5, 5.41) is 0. The average molecular weight is 358 g/mol. The van der Waals surface area contributed by atoms with Crippen molar-refractivity contribution in [1.82, 2.24) is 9.55 Å². The topological polar surface area (TPSA) is 109 Å². The molecule has 2 rings (SSSR count). The third kappa shape index (κ3) is 4.20. The Labute approximate surface area is 142 Å². The smallest absolute Gasteiger partial charge is 0.303 e. The number of carbonyl (C=O) groups is 3. The molecule has 0 bridgehead atoms. The summed E-state index contributed by atoms with van der Waals surface area (Å²) in [6.45, 7) is 3.55. The van der Waals surface area contributed by atoms with Gasteiger partial charge in [-0.3, -0.25) is 19.0 Å². The van der Waals surface area contributed by atoms with Crippen LogP contribution in [0.15, 0.2) is 12.4 Å². The van der Waals surface area contributed by atoms with Gasteiger partial charge in [0.25, 0.3) is 0 Å². The van der Waals surface area contributed by atoms with Crippen molar-refractivity contribution in [2.45, 2.75) is 45.3 Å². The Kier molecular flexibility index (Phi) is 5.73. The van der Waals surface area contributed by atoms with Crippen LogP contribution >= 0.6 is 12.2 Å². The summed E-state index contributed by atoms with van der Waals surface area (Å²) in [6, 6.07) is 0. The molecule has 0 spiro atoms. The van der Waals surface area contributed by atoms with E-state index < -0.39 is 42.4 Å². The summed E-state index contributed by atoms with van der Waals surface area (Å²) in [4.78, 5) is 36.7. The molecule has 1 saturated heterocycles. The lowest BCUT2D eigenvalue weighted by Crippen LogP contribution is -2.40. The molecule has 1 N–H and O–H groups in total. The van der Waals surface area contributed by atoms with Crippen LogP contribution in [0.25, 0.3) is 0 Å². The third-order valence-corrected chi connectivity index (χ3v) is 3.62. The maximum Gasteiger partial charge on any atom is 0.303 e. The molecule has 0 aromatic carbocycles. The summed E-state index contributed by atoms with van der Waals surface area (Å²) in [6.07, 6.45) is -0.289. The number of aromatic nitrogens is 2. The van der Waals surface area contributed by atoms with Gasteiger partial charge in [-0.15, -0.1) is 0 Å². The lowest BCUT2D eigenvalue weighted by Gasteiger charge is -2.23. The van der Waals surface area contributed by atoms with Crippen molar-refractivity contribution >= 4 is 30.1 Å². The van der Waals surface area contributed by atoms with E-state index in [1.807, 2.05) is 0 Å². The van der Waals surface area contributed by atoms with Crippen LogP contribution in [0.5, 0.6) is 0 Å². The van der Waals surface area contributed by atoms with Crippen LogP contribution in [0.2, 0.25) is 0 Å². The molecule has 1 aliphatic rings. The summed E-state index contributed by atoms with van der Waals surface area (Å²) >= 11 is 5.15. The number of hydrogen-bond acceptors (Lipinski definition) is 8. The maximum absolute atomic E-state index is 11.5. The fourth-order valence-electron chi connectivity index (χ4n) is 2.45. The molecular weight excluding hydrogens is 340 g/mol. The van der Waals surface area contributed by atoms with Crippen LogP contribution in [-0.4, -0.2) is 52.4 Å². The van der Waals surface area contributed by atoms with E-state index >= 15 is 0 Å². The highest BCUT2D eigenvalue weighted by molar-refractivity contribution is 7.71. The molecule has 1 aromatic heterocycles. The van der Waals surface area contributed by atoms with Crippen molar-refractivity contribution in [3.8, 4) is 0 Å². The van der Waals surface area contributed by atoms with E-state index in [1.54, 1.807) is 12.4 Å². The Morgan fingerprint density at radius 1 is 1.17 bits per heavy atom. The number of esters is 3. The van der Waals surface area contributed by atoms with Gasteiger partial charge < -0.3 is 23.9 Å². The Morgan fingerprint density at radius 3 is 2.29 bits per heavy atom. The zero-order valence-electron chi connectivity index (χ0n) is 13.4. The molecule has 0 amide bonds. The Balaban J connectivity index is 2.33. The van der Waals surface area contributed by atoms with Gasteiger partial charge in [-0.1, -0.05) is 0 Å². The number of aromatic amines is 1. The first-order valence-electron chi connectivity index (χ1n) is 7.18. The Morgan fingerprint density at radius 2 is 1.79 bits per heavy atom. The number of ether oxygens (including phenoxy) is 4. The number of nitrogens with one attached hydrogen (secondary N) is 1. The molecule has 1 aromatic rings. The van der Waals surface area contributed by atoms with Gasteiger partial charge in [0.15, 0.2) is 23.2 Å². The molecule has 0 aliphatic carbocycles. The van der Waals surface area contributed by atoms with Crippen LogP contribution in [0.3, 0.4) is 0 Å². The monoisotopic (exact) mass is 358 g/mol. The second-order valence-corrected chi connectivity index (χ2v) is 5.57. The van der Waals surface area contributed by atoms with Crippen molar-refractivity contribution in [3.05, 3.63) is 17.2 Å². The maximum atomic E-state index is 11.5. The molecule has 24 heavy (non-hydrogen) atoms. The lowest BCUT2D eigenvalue weighted by atomic mass is 10.1. The second kappa shape index (κ2) is 7.58. The van der Waals surface area contributed by atoms with Gasteiger partial charge in [-0.05, 0) is 12.2 Å². The van der Waals surface area contributed by atoms with E-state index in [1.165, 1.54) is 25.3 Å². The molecule has 9 nitrogen and oxygen atoms in total. The van der Waals surface area contributed by atoms with E-state index in [9.17, 15) is 14.4 Å². The first-order chi connectivity index (χ1) is 11.3. The van der Waals surface area contributed by atoms with E-state index in [0.29, 0.717) is 4.77 Å².